The van der Waals surface area contributed by atoms with Crippen LogP contribution >= 0.6 is 11.3 Å². The van der Waals surface area contributed by atoms with E-state index >= 15 is 0 Å². The van der Waals surface area contributed by atoms with Crippen LogP contribution in [0.15, 0.2) is 50.5 Å². The van der Waals surface area contributed by atoms with Crippen molar-refractivity contribution in [3.63, 3.8) is 0 Å². The number of thiophene rings is 1. The predicted molar refractivity (Wildman–Crippen MR) is 99.4 cm³/mol. The van der Waals surface area contributed by atoms with Gasteiger partial charge in [0.15, 0.2) is 0 Å². The van der Waals surface area contributed by atoms with Crippen LogP contribution in [0.3, 0.4) is 0 Å². The minimum absolute atomic E-state index is 0.270. The molecule has 0 amide bonds. The SMILES string of the molecule is Cc1c(/C=N\n2cnc3scc(-c4ccco4)c3c2=O)cc(C#N)n1C. The van der Waals surface area contributed by atoms with E-state index in [-0.39, 0.29) is 5.56 Å². The molecule has 0 atom stereocenters. The van der Waals surface area contributed by atoms with Gasteiger partial charge in [-0.25, -0.2) is 4.98 Å². The van der Waals surface area contributed by atoms with Gasteiger partial charge in [0, 0.05) is 29.2 Å². The van der Waals surface area contributed by atoms with Crippen molar-refractivity contribution >= 4 is 27.8 Å². The summed E-state index contributed by atoms with van der Waals surface area (Å²) in [5.41, 5.74) is 2.63. The zero-order chi connectivity index (χ0) is 18.3. The summed E-state index contributed by atoms with van der Waals surface area (Å²) in [6, 6.07) is 7.43. The van der Waals surface area contributed by atoms with Crippen LogP contribution in [0.25, 0.3) is 21.5 Å². The Kier molecular flexibility index (Phi) is 3.78. The van der Waals surface area contributed by atoms with Gasteiger partial charge in [0.2, 0.25) is 0 Å². The van der Waals surface area contributed by atoms with Gasteiger partial charge in [-0.1, -0.05) is 0 Å². The number of hydrogen-bond donors (Lipinski definition) is 0. The van der Waals surface area contributed by atoms with Crippen molar-refractivity contribution in [3.8, 4) is 17.4 Å². The average molecular weight is 363 g/mol. The van der Waals surface area contributed by atoms with Crippen LogP contribution in [-0.4, -0.2) is 20.4 Å². The zero-order valence-electron chi connectivity index (χ0n) is 14.0. The Balaban J connectivity index is 1.81. The molecule has 4 heterocycles. The van der Waals surface area contributed by atoms with Crippen molar-refractivity contribution in [1.29, 1.82) is 5.26 Å². The number of nitriles is 1. The van der Waals surface area contributed by atoms with Crippen molar-refractivity contribution in [2.45, 2.75) is 6.92 Å². The Bertz CT molecular complexity index is 1240. The number of aromatic nitrogens is 3. The lowest BCUT2D eigenvalue weighted by atomic mass is 10.2. The summed E-state index contributed by atoms with van der Waals surface area (Å²) in [5.74, 6) is 0.620. The number of furan rings is 1. The van der Waals surface area contributed by atoms with E-state index in [2.05, 4.69) is 16.2 Å². The Labute approximate surface area is 152 Å². The summed E-state index contributed by atoms with van der Waals surface area (Å²) in [5, 5.41) is 15.7. The van der Waals surface area contributed by atoms with Gasteiger partial charge in [0.05, 0.1) is 17.9 Å². The first-order chi connectivity index (χ1) is 12.6. The average Bonchev–Trinajstić information content (AvgIpc) is 3.36. The van der Waals surface area contributed by atoms with E-state index in [0.29, 0.717) is 27.2 Å². The van der Waals surface area contributed by atoms with Crippen molar-refractivity contribution in [1.82, 2.24) is 14.2 Å². The molecule has 0 spiro atoms. The molecule has 0 saturated carbocycles. The van der Waals surface area contributed by atoms with Crippen molar-refractivity contribution in [3.05, 3.63) is 63.5 Å². The fraction of sp³-hybridized carbons (Fsp3) is 0.111. The van der Waals surface area contributed by atoms with Crippen LogP contribution in [0.2, 0.25) is 0 Å². The van der Waals surface area contributed by atoms with Gasteiger partial charge >= 0.3 is 0 Å². The van der Waals surface area contributed by atoms with E-state index in [1.807, 2.05) is 19.4 Å². The Hall–Kier alpha value is -3.44. The smallest absolute Gasteiger partial charge is 0.283 e. The molecule has 0 bridgehead atoms. The van der Waals surface area contributed by atoms with Gasteiger partial charge in [-0.2, -0.15) is 15.0 Å². The van der Waals surface area contributed by atoms with Crippen LogP contribution in [0.5, 0.6) is 0 Å². The lowest BCUT2D eigenvalue weighted by Gasteiger charge is -2.00. The quantitative estimate of drug-likeness (QED) is 0.523. The summed E-state index contributed by atoms with van der Waals surface area (Å²) in [6.45, 7) is 1.89. The number of rotatable bonds is 3. The van der Waals surface area contributed by atoms with E-state index in [1.165, 1.54) is 22.3 Å². The fourth-order valence-electron chi connectivity index (χ4n) is 2.70. The predicted octanol–water partition coefficient (Wildman–Crippen LogP) is 3.12. The second-order valence-electron chi connectivity index (χ2n) is 5.69. The topological polar surface area (TPSA) is 89.1 Å². The lowest BCUT2D eigenvalue weighted by Crippen LogP contribution is -2.16. The summed E-state index contributed by atoms with van der Waals surface area (Å²) < 4.78 is 8.38. The molecule has 0 radical (unpaired) electrons. The third kappa shape index (κ3) is 2.46. The van der Waals surface area contributed by atoms with Gasteiger partial charge in [0.1, 0.15) is 28.7 Å². The van der Waals surface area contributed by atoms with Crippen molar-refractivity contribution < 1.29 is 4.42 Å². The third-order valence-corrected chi connectivity index (χ3v) is 5.16. The van der Waals surface area contributed by atoms with Crippen LogP contribution < -0.4 is 5.56 Å². The molecule has 0 unspecified atom stereocenters. The number of hydrogen-bond acceptors (Lipinski definition) is 6. The molecule has 7 nitrogen and oxygen atoms in total. The van der Waals surface area contributed by atoms with Crippen LogP contribution in [0.1, 0.15) is 17.0 Å². The van der Waals surface area contributed by atoms with Crippen LogP contribution in [0, 0.1) is 18.3 Å². The molecule has 0 aromatic carbocycles. The van der Waals surface area contributed by atoms with Crippen LogP contribution in [-0.2, 0) is 7.05 Å². The number of fused-ring (bicyclic) bond motifs is 1. The molecule has 4 rings (SSSR count). The maximum Gasteiger partial charge on any atom is 0.283 e. The molecular weight excluding hydrogens is 350 g/mol. The highest BCUT2D eigenvalue weighted by Crippen LogP contribution is 2.30. The minimum Gasteiger partial charge on any atom is -0.464 e. The first-order valence-electron chi connectivity index (χ1n) is 7.73. The molecule has 0 aliphatic rings. The fourth-order valence-corrected chi connectivity index (χ4v) is 3.59. The Morgan fingerprint density at radius 3 is 3.00 bits per heavy atom. The molecular formula is C18H13N5O2S. The molecule has 0 aliphatic carbocycles. The Morgan fingerprint density at radius 2 is 2.31 bits per heavy atom. The lowest BCUT2D eigenvalue weighted by molar-refractivity contribution is 0.583. The molecule has 26 heavy (non-hydrogen) atoms. The first-order valence-corrected chi connectivity index (χ1v) is 8.61. The van der Waals surface area contributed by atoms with Gasteiger partial charge in [-0.05, 0) is 25.1 Å². The maximum atomic E-state index is 12.9. The monoisotopic (exact) mass is 363 g/mol. The third-order valence-electron chi connectivity index (χ3n) is 4.27. The molecule has 0 N–H and O–H groups in total. The standard InChI is InChI=1S/C18H13N5O2S/c1-11-12(6-13(7-19)22(11)2)8-21-23-10-20-17-16(18(23)24)14(9-26-17)15-4-3-5-25-15/h3-6,8-10H,1-2H3/b21-8-. The van der Waals surface area contributed by atoms with E-state index in [4.69, 9.17) is 9.68 Å². The molecule has 0 aliphatic heterocycles. The Morgan fingerprint density at radius 1 is 1.46 bits per heavy atom. The summed E-state index contributed by atoms with van der Waals surface area (Å²) in [4.78, 5) is 17.8. The first kappa shape index (κ1) is 16.1. The highest BCUT2D eigenvalue weighted by molar-refractivity contribution is 7.17. The minimum atomic E-state index is -0.270. The van der Waals surface area contributed by atoms with E-state index in [0.717, 1.165) is 11.3 Å². The van der Waals surface area contributed by atoms with Gasteiger partial charge < -0.3 is 8.98 Å². The molecule has 0 saturated heterocycles. The second-order valence-corrected chi connectivity index (χ2v) is 6.54. The normalized spacial score (nSPS) is 11.4. The molecule has 128 valence electrons. The number of nitrogens with zero attached hydrogens (tertiary/aromatic N) is 5. The summed E-state index contributed by atoms with van der Waals surface area (Å²) in [7, 11) is 1.81. The molecule has 8 heteroatoms. The zero-order valence-corrected chi connectivity index (χ0v) is 14.8. The maximum absolute atomic E-state index is 12.9. The van der Waals surface area contributed by atoms with Crippen molar-refractivity contribution in [2.24, 2.45) is 12.1 Å². The van der Waals surface area contributed by atoms with Gasteiger partial charge in [-0.3, -0.25) is 4.79 Å². The largest absolute Gasteiger partial charge is 0.464 e. The van der Waals surface area contributed by atoms with Crippen molar-refractivity contribution in [2.75, 3.05) is 0 Å². The molecule has 4 aromatic rings. The second kappa shape index (κ2) is 6.13. The highest BCUT2D eigenvalue weighted by atomic mass is 32.1. The van der Waals surface area contributed by atoms with Gasteiger partial charge in [0.25, 0.3) is 5.56 Å². The van der Waals surface area contributed by atoms with E-state index < -0.39 is 0 Å². The summed E-state index contributed by atoms with van der Waals surface area (Å²) >= 11 is 1.38. The van der Waals surface area contributed by atoms with Crippen LogP contribution in [0.4, 0.5) is 0 Å². The highest BCUT2D eigenvalue weighted by Gasteiger charge is 2.15. The van der Waals surface area contributed by atoms with E-state index in [9.17, 15) is 4.79 Å². The molecule has 4 aromatic heterocycles. The van der Waals surface area contributed by atoms with Gasteiger partial charge in [-0.15, -0.1) is 11.3 Å². The molecule has 0 fully saturated rings. The van der Waals surface area contributed by atoms with E-state index in [1.54, 1.807) is 35.2 Å². The summed E-state index contributed by atoms with van der Waals surface area (Å²) in [6.07, 6.45) is 4.52.